The van der Waals surface area contributed by atoms with Gasteiger partial charge in [0.2, 0.25) is 5.91 Å². The second-order valence-electron chi connectivity index (χ2n) is 6.45. The number of para-hydroxylation sites is 2. The second kappa shape index (κ2) is 8.41. The maximum Gasteiger partial charge on any atom is 0.226 e. The quantitative estimate of drug-likeness (QED) is 0.892. The molecular weight excluding hydrogens is 316 g/mol. The van der Waals surface area contributed by atoms with Gasteiger partial charge >= 0.3 is 0 Å². The SMILES string of the molecule is COc1ccccc1OCCC(=O)N1CCC(N)C(C)(C)C1.Cl. The molecule has 0 saturated carbocycles. The second-order valence-corrected chi connectivity index (χ2v) is 6.45. The number of benzene rings is 1. The predicted octanol–water partition coefficient (Wildman–Crippen LogP) is 2.47. The molecule has 1 aliphatic rings. The van der Waals surface area contributed by atoms with Crippen LogP contribution < -0.4 is 15.2 Å². The molecule has 1 heterocycles. The van der Waals surface area contributed by atoms with Gasteiger partial charge in [0.15, 0.2) is 11.5 Å². The van der Waals surface area contributed by atoms with Gasteiger partial charge in [0.1, 0.15) is 0 Å². The molecule has 2 N–H and O–H groups in total. The Balaban J connectivity index is 0.00000264. The summed E-state index contributed by atoms with van der Waals surface area (Å²) < 4.78 is 10.9. The number of ether oxygens (including phenoxy) is 2. The molecule has 0 aliphatic carbocycles. The Hall–Kier alpha value is -1.46. The molecular formula is C17H27ClN2O3. The van der Waals surface area contributed by atoms with Crippen LogP contribution in [0.1, 0.15) is 26.7 Å². The van der Waals surface area contributed by atoms with Crippen molar-refractivity contribution in [2.75, 3.05) is 26.8 Å². The number of rotatable bonds is 5. The van der Waals surface area contributed by atoms with Crippen molar-refractivity contribution in [2.45, 2.75) is 32.7 Å². The Bertz CT molecular complexity index is 522. The van der Waals surface area contributed by atoms with E-state index in [9.17, 15) is 4.79 Å². The number of amides is 1. The highest BCUT2D eigenvalue weighted by Crippen LogP contribution is 2.28. The van der Waals surface area contributed by atoms with Crippen molar-refractivity contribution in [3.63, 3.8) is 0 Å². The van der Waals surface area contributed by atoms with E-state index in [0.29, 0.717) is 31.1 Å². The standard InChI is InChI=1S/C17H26N2O3.ClH/c1-17(2)12-19(10-8-15(17)18)16(20)9-11-22-14-7-5-4-6-13(14)21-3;/h4-7,15H,8-12,18H2,1-3H3;1H. The number of piperidine rings is 1. The molecule has 1 fully saturated rings. The van der Waals surface area contributed by atoms with E-state index in [2.05, 4.69) is 13.8 Å². The summed E-state index contributed by atoms with van der Waals surface area (Å²) in [5.74, 6) is 1.47. The lowest BCUT2D eigenvalue weighted by atomic mass is 9.79. The minimum absolute atomic E-state index is 0. The lowest BCUT2D eigenvalue weighted by molar-refractivity contribution is -0.135. The molecule has 2 rings (SSSR count). The summed E-state index contributed by atoms with van der Waals surface area (Å²) in [4.78, 5) is 14.2. The van der Waals surface area contributed by atoms with Gasteiger partial charge in [0, 0.05) is 19.1 Å². The molecule has 0 aromatic heterocycles. The summed E-state index contributed by atoms with van der Waals surface area (Å²) in [6, 6.07) is 7.60. The topological polar surface area (TPSA) is 64.8 Å². The van der Waals surface area contributed by atoms with Gasteiger partial charge < -0.3 is 20.1 Å². The van der Waals surface area contributed by atoms with Gasteiger partial charge in [-0.05, 0) is 24.0 Å². The van der Waals surface area contributed by atoms with E-state index in [1.165, 1.54) is 0 Å². The van der Waals surface area contributed by atoms with Crippen LogP contribution in [-0.4, -0.2) is 43.7 Å². The normalized spacial score (nSPS) is 19.7. The summed E-state index contributed by atoms with van der Waals surface area (Å²) in [6.07, 6.45) is 1.22. The monoisotopic (exact) mass is 342 g/mol. The van der Waals surface area contributed by atoms with Crippen LogP contribution in [-0.2, 0) is 4.79 Å². The number of likely N-dealkylation sites (tertiary alicyclic amines) is 1. The maximum absolute atomic E-state index is 12.3. The van der Waals surface area contributed by atoms with Crippen molar-refractivity contribution in [3.05, 3.63) is 24.3 Å². The lowest BCUT2D eigenvalue weighted by Gasteiger charge is -2.42. The number of carbonyl (C=O) groups is 1. The third kappa shape index (κ3) is 5.01. The summed E-state index contributed by atoms with van der Waals surface area (Å²) in [5, 5.41) is 0. The van der Waals surface area contributed by atoms with Crippen LogP contribution in [0.5, 0.6) is 11.5 Å². The maximum atomic E-state index is 12.3. The molecule has 1 saturated heterocycles. The first-order chi connectivity index (χ1) is 10.4. The van der Waals surface area contributed by atoms with E-state index in [-0.39, 0.29) is 29.8 Å². The first-order valence-electron chi connectivity index (χ1n) is 7.73. The molecule has 0 spiro atoms. The van der Waals surface area contributed by atoms with Crippen LogP contribution in [0, 0.1) is 5.41 Å². The summed E-state index contributed by atoms with van der Waals surface area (Å²) >= 11 is 0. The average Bonchev–Trinajstić information content (AvgIpc) is 2.50. The number of nitrogens with zero attached hydrogens (tertiary/aromatic N) is 1. The molecule has 6 heteroatoms. The van der Waals surface area contributed by atoms with Gasteiger partial charge in [-0.15, -0.1) is 12.4 Å². The van der Waals surface area contributed by atoms with E-state index in [1.807, 2.05) is 29.2 Å². The summed E-state index contributed by atoms with van der Waals surface area (Å²) in [7, 11) is 1.60. The fraction of sp³-hybridized carbons (Fsp3) is 0.588. The average molecular weight is 343 g/mol. The number of methoxy groups -OCH3 is 1. The largest absolute Gasteiger partial charge is 0.493 e. The number of halogens is 1. The molecule has 5 nitrogen and oxygen atoms in total. The highest BCUT2D eigenvalue weighted by Gasteiger charge is 2.35. The van der Waals surface area contributed by atoms with Gasteiger partial charge in [-0.25, -0.2) is 0 Å². The zero-order valence-corrected chi connectivity index (χ0v) is 14.9. The number of nitrogens with two attached hydrogens (primary N) is 1. The molecule has 1 aliphatic heterocycles. The summed E-state index contributed by atoms with van der Waals surface area (Å²) in [5.41, 5.74) is 6.08. The predicted molar refractivity (Wildman–Crippen MR) is 93.3 cm³/mol. The van der Waals surface area contributed by atoms with Crippen molar-refractivity contribution in [3.8, 4) is 11.5 Å². The molecule has 0 bridgehead atoms. The van der Waals surface area contributed by atoms with E-state index in [0.717, 1.165) is 13.0 Å². The molecule has 1 aromatic rings. The van der Waals surface area contributed by atoms with Crippen LogP contribution in [0.15, 0.2) is 24.3 Å². The van der Waals surface area contributed by atoms with E-state index < -0.39 is 0 Å². The van der Waals surface area contributed by atoms with Crippen LogP contribution in [0.4, 0.5) is 0 Å². The number of hydrogen-bond donors (Lipinski definition) is 1. The zero-order valence-electron chi connectivity index (χ0n) is 14.1. The van der Waals surface area contributed by atoms with Gasteiger partial charge in [0.25, 0.3) is 0 Å². The van der Waals surface area contributed by atoms with Crippen LogP contribution in [0.3, 0.4) is 0 Å². The molecule has 0 radical (unpaired) electrons. The van der Waals surface area contributed by atoms with Crippen molar-refractivity contribution in [1.29, 1.82) is 0 Å². The third-order valence-electron chi connectivity index (χ3n) is 4.31. The van der Waals surface area contributed by atoms with E-state index in [1.54, 1.807) is 7.11 Å². The fourth-order valence-corrected chi connectivity index (χ4v) is 2.73. The van der Waals surface area contributed by atoms with Gasteiger partial charge in [0.05, 0.1) is 20.1 Å². The summed E-state index contributed by atoms with van der Waals surface area (Å²) in [6.45, 7) is 6.02. The fourth-order valence-electron chi connectivity index (χ4n) is 2.73. The Morgan fingerprint density at radius 2 is 2.00 bits per heavy atom. The van der Waals surface area contributed by atoms with Crippen LogP contribution in [0.2, 0.25) is 0 Å². The van der Waals surface area contributed by atoms with Crippen molar-refractivity contribution in [1.82, 2.24) is 4.90 Å². The first-order valence-corrected chi connectivity index (χ1v) is 7.73. The highest BCUT2D eigenvalue weighted by molar-refractivity contribution is 5.85. The Kier molecular flexibility index (Phi) is 7.16. The molecule has 1 unspecified atom stereocenters. The van der Waals surface area contributed by atoms with Crippen molar-refractivity contribution in [2.24, 2.45) is 11.1 Å². The zero-order chi connectivity index (χ0) is 16.2. The smallest absolute Gasteiger partial charge is 0.226 e. The molecule has 130 valence electrons. The minimum Gasteiger partial charge on any atom is -0.493 e. The number of hydrogen-bond acceptors (Lipinski definition) is 4. The van der Waals surface area contributed by atoms with Crippen molar-refractivity contribution >= 4 is 18.3 Å². The minimum atomic E-state index is -0.0303. The number of carbonyl (C=O) groups excluding carboxylic acids is 1. The van der Waals surface area contributed by atoms with Gasteiger partial charge in [-0.3, -0.25) is 4.79 Å². The Morgan fingerprint density at radius 3 is 2.61 bits per heavy atom. The van der Waals surface area contributed by atoms with Gasteiger partial charge in [-0.2, -0.15) is 0 Å². The Morgan fingerprint density at radius 1 is 1.35 bits per heavy atom. The molecule has 23 heavy (non-hydrogen) atoms. The third-order valence-corrected chi connectivity index (χ3v) is 4.31. The molecule has 1 amide bonds. The Labute approximate surface area is 144 Å². The van der Waals surface area contributed by atoms with Crippen molar-refractivity contribution < 1.29 is 14.3 Å². The van der Waals surface area contributed by atoms with E-state index >= 15 is 0 Å². The van der Waals surface area contributed by atoms with E-state index in [4.69, 9.17) is 15.2 Å². The van der Waals surface area contributed by atoms with Crippen LogP contribution in [0.25, 0.3) is 0 Å². The first kappa shape index (κ1) is 19.6. The van der Waals surface area contributed by atoms with Gasteiger partial charge in [-0.1, -0.05) is 26.0 Å². The molecule has 1 aromatic carbocycles. The molecule has 1 atom stereocenters. The van der Waals surface area contributed by atoms with Crippen LogP contribution >= 0.6 is 12.4 Å². The highest BCUT2D eigenvalue weighted by atomic mass is 35.5. The lowest BCUT2D eigenvalue weighted by Crippen LogP contribution is -2.54.